The van der Waals surface area contributed by atoms with Gasteiger partial charge in [-0.15, -0.1) is 0 Å². The van der Waals surface area contributed by atoms with Crippen LogP contribution in [0.2, 0.25) is 0 Å². The summed E-state index contributed by atoms with van der Waals surface area (Å²) >= 11 is 0. The van der Waals surface area contributed by atoms with Crippen molar-refractivity contribution in [1.29, 1.82) is 0 Å². The van der Waals surface area contributed by atoms with Crippen LogP contribution in [0.5, 0.6) is 11.5 Å². The topological polar surface area (TPSA) is 18.5 Å². The van der Waals surface area contributed by atoms with Crippen LogP contribution >= 0.6 is 0 Å². The summed E-state index contributed by atoms with van der Waals surface area (Å²) < 4.78 is 15.6. The zero-order valence-corrected chi connectivity index (χ0v) is 45.5. The molecule has 6 aromatic rings. The molecule has 3 bridgehead atoms. The molecule has 1 heterocycles. The van der Waals surface area contributed by atoms with E-state index in [2.05, 4.69) is 181 Å². The Bertz CT molecular complexity index is 2780. The van der Waals surface area contributed by atoms with Crippen molar-refractivity contribution in [2.45, 2.75) is 162 Å². The van der Waals surface area contributed by atoms with Gasteiger partial charge in [-0.25, -0.2) is 0 Å². The first-order valence-corrected chi connectivity index (χ1v) is 29.4. The molecule has 2 heteroatoms. The first-order valence-electron chi connectivity index (χ1n) is 29.4. The molecule has 10 atom stereocenters. The van der Waals surface area contributed by atoms with E-state index in [-0.39, 0.29) is 23.9 Å². The van der Waals surface area contributed by atoms with E-state index in [1.165, 1.54) is 132 Å². The molecule has 6 aliphatic rings. The molecule has 6 aromatic carbocycles. The molecule has 0 radical (unpaired) electrons. The van der Waals surface area contributed by atoms with Crippen LogP contribution in [-0.2, 0) is 32.1 Å². The normalized spacial score (nSPS) is 30.6. The van der Waals surface area contributed by atoms with Crippen LogP contribution < -0.4 is 9.47 Å². The highest BCUT2D eigenvalue weighted by atomic mass is 16.5. The lowest BCUT2D eigenvalue weighted by molar-refractivity contribution is 0.0345. The van der Waals surface area contributed by atoms with Crippen LogP contribution in [0.3, 0.4) is 0 Å². The Morgan fingerprint density at radius 1 is 0.521 bits per heavy atom. The smallest absolute Gasteiger partial charge is 0.126 e. The molecule has 0 N–H and O–H groups in total. The highest BCUT2D eigenvalue weighted by Crippen LogP contribution is 2.64. The summed E-state index contributed by atoms with van der Waals surface area (Å²) in [5.74, 6) is 7.50. The number of para-hydroxylation sites is 1. The van der Waals surface area contributed by atoms with Gasteiger partial charge in [0.15, 0.2) is 0 Å². The van der Waals surface area contributed by atoms with Gasteiger partial charge in [-0.1, -0.05) is 192 Å². The molecule has 5 aliphatic carbocycles. The predicted molar refractivity (Wildman–Crippen MR) is 305 cm³/mol. The standard InChI is InChI=1S/C71H86O2/c1-47-19-17-20-49(3)50(4)39-59-37-48(2)38-68(61-34-32-55-43-71(44-55)36-35-58(61)45-71)70(59)73-52(6)66(41-54-23-11-8-12-24-54)65(40-53-21-9-7-10-22-53)51(5)46-72-69-56(33-31-47)26-18-30-64(69)67-42-57-25-13-14-27-60(57)62-28-15-16-29-63(62)67/h7-16,18,21-30,37-38,47,49-52,55,58,61,65-67H,17,19-20,31-36,39-46H2,1-6H3. The molecule has 73 heavy (non-hydrogen) atoms. The molecule has 4 fully saturated rings. The third kappa shape index (κ3) is 10.9. The fourth-order valence-electron chi connectivity index (χ4n) is 15.7. The van der Waals surface area contributed by atoms with Crippen molar-refractivity contribution in [2.24, 2.45) is 52.8 Å². The van der Waals surface area contributed by atoms with Gasteiger partial charge in [-0.2, -0.15) is 0 Å². The second-order valence-electron chi connectivity index (χ2n) is 25.2. The maximum absolute atomic E-state index is 8.01. The zero-order valence-electron chi connectivity index (χ0n) is 45.5. The summed E-state index contributed by atoms with van der Waals surface area (Å²) in [6, 6.07) is 53.3. The Labute approximate surface area is 441 Å². The number of hydrogen-bond donors (Lipinski definition) is 0. The molecule has 2 nitrogen and oxygen atoms in total. The molecule has 4 saturated carbocycles. The van der Waals surface area contributed by atoms with E-state index in [1.54, 1.807) is 5.56 Å². The van der Waals surface area contributed by atoms with Crippen molar-refractivity contribution >= 4 is 0 Å². The van der Waals surface area contributed by atoms with Crippen molar-refractivity contribution in [3.63, 3.8) is 0 Å². The number of ether oxygens (including phenoxy) is 2. The second kappa shape index (κ2) is 22.0. The average Bonchev–Trinajstić information content (AvgIpc) is 3.88. The van der Waals surface area contributed by atoms with Crippen LogP contribution in [0.1, 0.15) is 167 Å². The summed E-state index contributed by atoms with van der Waals surface area (Å²) in [7, 11) is 0. The Kier molecular flexibility index (Phi) is 15.1. The molecule has 12 rings (SSSR count). The number of benzene rings is 6. The molecule has 1 spiro atoms. The van der Waals surface area contributed by atoms with Crippen LogP contribution in [0.25, 0.3) is 11.1 Å². The maximum Gasteiger partial charge on any atom is 0.126 e. The molecule has 0 aromatic heterocycles. The van der Waals surface area contributed by atoms with Gasteiger partial charge in [0, 0.05) is 17.4 Å². The molecule has 0 amide bonds. The molecule has 10 unspecified atom stereocenters. The lowest BCUT2D eigenvalue weighted by Crippen LogP contribution is -2.39. The highest BCUT2D eigenvalue weighted by Gasteiger charge is 2.52. The fraction of sp³-hybridized carbons (Fsp3) is 0.493. The highest BCUT2D eigenvalue weighted by molar-refractivity contribution is 5.75. The summed E-state index contributed by atoms with van der Waals surface area (Å²) in [6.07, 6.45) is 19.9. The van der Waals surface area contributed by atoms with Crippen LogP contribution in [0, 0.1) is 59.7 Å². The van der Waals surface area contributed by atoms with E-state index in [9.17, 15) is 0 Å². The van der Waals surface area contributed by atoms with Gasteiger partial charge >= 0.3 is 0 Å². The molecular weight excluding hydrogens is 885 g/mol. The van der Waals surface area contributed by atoms with Crippen molar-refractivity contribution in [3.8, 4) is 22.6 Å². The van der Waals surface area contributed by atoms with Gasteiger partial charge in [0.25, 0.3) is 0 Å². The van der Waals surface area contributed by atoms with Gasteiger partial charge in [-0.05, 0) is 200 Å². The van der Waals surface area contributed by atoms with Gasteiger partial charge in [0.2, 0.25) is 0 Å². The number of aryl methyl sites for hydroxylation is 2. The summed E-state index contributed by atoms with van der Waals surface area (Å²) in [5, 5.41) is 0. The van der Waals surface area contributed by atoms with Crippen molar-refractivity contribution in [3.05, 3.63) is 190 Å². The van der Waals surface area contributed by atoms with Gasteiger partial charge in [0.05, 0.1) is 12.7 Å². The molecule has 1 aliphatic heterocycles. The Balaban J connectivity index is 1.01. The van der Waals surface area contributed by atoms with E-state index >= 15 is 0 Å². The summed E-state index contributed by atoms with van der Waals surface area (Å²) in [6.45, 7) is 15.6. The van der Waals surface area contributed by atoms with E-state index < -0.39 is 0 Å². The number of fused-ring (bicyclic) bond motifs is 7. The monoisotopic (exact) mass is 971 g/mol. The van der Waals surface area contributed by atoms with Gasteiger partial charge in [-0.3, -0.25) is 0 Å². The third-order valence-electron chi connectivity index (χ3n) is 20.0. The minimum absolute atomic E-state index is 0.0186. The van der Waals surface area contributed by atoms with Gasteiger partial charge in [0.1, 0.15) is 11.5 Å². The molecule has 382 valence electrons. The number of rotatable bonds is 6. The number of hydrogen-bond acceptors (Lipinski definition) is 2. The van der Waals surface area contributed by atoms with E-state index in [1.807, 2.05) is 0 Å². The van der Waals surface area contributed by atoms with E-state index in [0.717, 1.165) is 49.7 Å². The zero-order chi connectivity index (χ0) is 50.1. The first-order chi connectivity index (χ1) is 35.6. The fourth-order valence-corrected chi connectivity index (χ4v) is 15.7. The predicted octanol–water partition coefficient (Wildman–Crippen LogP) is 18.2. The lowest BCUT2D eigenvalue weighted by atomic mass is 9.57. The Morgan fingerprint density at radius 2 is 1.21 bits per heavy atom. The van der Waals surface area contributed by atoms with Crippen LogP contribution in [-0.4, -0.2) is 12.7 Å². The lowest BCUT2D eigenvalue weighted by Gasteiger charge is -2.48. The Morgan fingerprint density at radius 3 is 1.99 bits per heavy atom. The van der Waals surface area contributed by atoms with Crippen molar-refractivity contribution < 1.29 is 9.47 Å². The van der Waals surface area contributed by atoms with Crippen LogP contribution in [0.15, 0.2) is 140 Å². The molecule has 0 saturated heterocycles. The summed E-state index contributed by atoms with van der Waals surface area (Å²) in [4.78, 5) is 0. The van der Waals surface area contributed by atoms with Crippen LogP contribution in [0.4, 0.5) is 0 Å². The Hall–Kier alpha value is -5.08. The second-order valence-corrected chi connectivity index (χ2v) is 25.2. The largest absolute Gasteiger partial charge is 0.493 e. The SMILES string of the molecule is Cc1cc2c(c(C3CCC4CC5(CCC3C5)C4)c1)OC(C)C(Cc1ccccc1)C(Cc1ccccc1)C(C)COc1c(cccc1C1Cc3ccccc3-c3ccccc31)CCC(C)CCCC(C)C(C)C2. The first kappa shape index (κ1) is 50.1. The summed E-state index contributed by atoms with van der Waals surface area (Å²) in [5.41, 5.74) is 16.2. The van der Waals surface area contributed by atoms with E-state index in [0.29, 0.717) is 41.6 Å². The minimum atomic E-state index is -0.0186. The van der Waals surface area contributed by atoms with Gasteiger partial charge < -0.3 is 9.47 Å². The van der Waals surface area contributed by atoms with Crippen molar-refractivity contribution in [2.75, 3.05) is 6.61 Å². The molecular formula is C71H86O2. The van der Waals surface area contributed by atoms with E-state index in [4.69, 9.17) is 9.47 Å². The average molecular weight is 971 g/mol. The van der Waals surface area contributed by atoms with Crippen molar-refractivity contribution in [1.82, 2.24) is 0 Å². The quantitative estimate of drug-likeness (QED) is 0.166. The maximum atomic E-state index is 8.01. The minimum Gasteiger partial charge on any atom is -0.493 e. The third-order valence-corrected chi connectivity index (χ3v) is 20.0.